The standard InChI is InChI=1S/C13H12ClFN2/c1-9-2-3-11(16-7-9)8-17-10-4-5-13(15)12(14)6-10/h2-7,17H,8H2,1H3. The van der Waals surface area contributed by atoms with Gasteiger partial charge in [0.15, 0.2) is 0 Å². The molecule has 0 bridgehead atoms. The van der Waals surface area contributed by atoms with Crippen molar-refractivity contribution in [2.75, 3.05) is 5.32 Å². The average molecular weight is 251 g/mol. The minimum absolute atomic E-state index is 0.117. The minimum Gasteiger partial charge on any atom is -0.379 e. The number of anilines is 1. The van der Waals surface area contributed by atoms with Crippen LogP contribution in [0.15, 0.2) is 36.5 Å². The molecule has 0 aliphatic carbocycles. The second-order valence-electron chi connectivity index (χ2n) is 3.81. The van der Waals surface area contributed by atoms with Gasteiger partial charge < -0.3 is 5.32 Å². The molecule has 0 saturated carbocycles. The quantitative estimate of drug-likeness (QED) is 0.896. The van der Waals surface area contributed by atoms with Gasteiger partial charge in [0.05, 0.1) is 17.3 Å². The van der Waals surface area contributed by atoms with E-state index >= 15 is 0 Å². The Morgan fingerprint density at radius 2 is 2.12 bits per heavy atom. The van der Waals surface area contributed by atoms with Crippen molar-refractivity contribution in [3.8, 4) is 0 Å². The number of nitrogens with zero attached hydrogens (tertiary/aromatic N) is 1. The lowest BCUT2D eigenvalue weighted by Crippen LogP contribution is -2.01. The Kier molecular flexibility index (Phi) is 3.59. The molecule has 2 aromatic rings. The third kappa shape index (κ3) is 3.17. The van der Waals surface area contributed by atoms with E-state index in [1.54, 1.807) is 12.1 Å². The van der Waals surface area contributed by atoms with Crippen LogP contribution in [0.1, 0.15) is 11.3 Å². The first-order valence-corrected chi connectivity index (χ1v) is 5.63. The highest BCUT2D eigenvalue weighted by atomic mass is 35.5. The number of halogens is 2. The van der Waals surface area contributed by atoms with Crippen LogP contribution in [0.2, 0.25) is 5.02 Å². The van der Waals surface area contributed by atoms with Crippen LogP contribution in [0.5, 0.6) is 0 Å². The molecule has 88 valence electrons. The zero-order chi connectivity index (χ0) is 12.3. The van der Waals surface area contributed by atoms with E-state index in [1.807, 2.05) is 25.3 Å². The molecule has 2 rings (SSSR count). The zero-order valence-electron chi connectivity index (χ0n) is 9.37. The molecule has 1 N–H and O–H groups in total. The maximum absolute atomic E-state index is 12.9. The molecule has 2 nitrogen and oxygen atoms in total. The van der Waals surface area contributed by atoms with Gasteiger partial charge in [0, 0.05) is 11.9 Å². The first-order chi connectivity index (χ1) is 8.15. The molecule has 0 atom stereocenters. The van der Waals surface area contributed by atoms with Crippen LogP contribution in [0, 0.1) is 12.7 Å². The van der Waals surface area contributed by atoms with E-state index in [1.165, 1.54) is 6.07 Å². The van der Waals surface area contributed by atoms with Gasteiger partial charge in [-0.15, -0.1) is 0 Å². The SMILES string of the molecule is Cc1ccc(CNc2ccc(F)c(Cl)c2)nc1. The van der Waals surface area contributed by atoms with E-state index in [-0.39, 0.29) is 5.02 Å². The maximum Gasteiger partial charge on any atom is 0.141 e. The molecule has 0 radical (unpaired) electrons. The largest absolute Gasteiger partial charge is 0.379 e. The Balaban J connectivity index is 2.02. The molecule has 0 unspecified atom stereocenters. The highest BCUT2D eigenvalue weighted by molar-refractivity contribution is 6.31. The van der Waals surface area contributed by atoms with Crippen molar-refractivity contribution in [2.24, 2.45) is 0 Å². The maximum atomic E-state index is 12.9. The lowest BCUT2D eigenvalue weighted by Gasteiger charge is -2.06. The summed E-state index contributed by atoms with van der Waals surface area (Å²) in [6.07, 6.45) is 1.81. The summed E-state index contributed by atoms with van der Waals surface area (Å²) in [7, 11) is 0. The summed E-state index contributed by atoms with van der Waals surface area (Å²) in [5.74, 6) is -0.411. The molecular weight excluding hydrogens is 239 g/mol. The lowest BCUT2D eigenvalue weighted by molar-refractivity contribution is 0.628. The van der Waals surface area contributed by atoms with E-state index in [0.29, 0.717) is 6.54 Å². The van der Waals surface area contributed by atoms with Crippen LogP contribution in [0.3, 0.4) is 0 Å². The van der Waals surface area contributed by atoms with Crippen molar-refractivity contribution in [2.45, 2.75) is 13.5 Å². The van der Waals surface area contributed by atoms with Crippen molar-refractivity contribution in [1.29, 1.82) is 0 Å². The van der Waals surface area contributed by atoms with E-state index in [0.717, 1.165) is 16.9 Å². The monoisotopic (exact) mass is 250 g/mol. The molecule has 1 aromatic heterocycles. The lowest BCUT2D eigenvalue weighted by atomic mass is 10.2. The summed E-state index contributed by atoms with van der Waals surface area (Å²) >= 11 is 5.69. The minimum atomic E-state index is -0.411. The molecule has 17 heavy (non-hydrogen) atoms. The predicted octanol–water partition coefficient (Wildman–Crippen LogP) is 3.79. The topological polar surface area (TPSA) is 24.9 Å². The number of benzene rings is 1. The number of nitrogens with one attached hydrogen (secondary N) is 1. The summed E-state index contributed by atoms with van der Waals surface area (Å²) in [4.78, 5) is 4.26. The Hall–Kier alpha value is -1.61. The molecule has 4 heteroatoms. The van der Waals surface area contributed by atoms with Crippen LogP contribution >= 0.6 is 11.6 Å². The smallest absolute Gasteiger partial charge is 0.141 e. The fourth-order valence-corrected chi connectivity index (χ4v) is 1.58. The molecule has 0 fully saturated rings. The highest BCUT2D eigenvalue weighted by Crippen LogP contribution is 2.19. The van der Waals surface area contributed by atoms with Crippen molar-refractivity contribution in [1.82, 2.24) is 4.98 Å². The summed E-state index contributed by atoms with van der Waals surface area (Å²) in [6, 6.07) is 8.50. The highest BCUT2D eigenvalue weighted by Gasteiger charge is 2.00. The second-order valence-corrected chi connectivity index (χ2v) is 4.22. The number of aromatic nitrogens is 1. The number of hydrogen-bond donors (Lipinski definition) is 1. The first kappa shape index (κ1) is 11.9. The molecule has 0 saturated heterocycles. The fraction of sp³-hybridized carbons (Fsp3) is 0.154. The van der Waals surface area contributed by atoms with Crippen LogP contribution in [0.25, 0.3) is 0 Å². The Bertz CT molecular complexity index is 511. The summed E-state index contributed by atoms with van der Waals surface area (Å²) < 4.78 is 12.9. The Morgan fingerprint density at radius 1 is 1.29 bits per heavy atom. The van der Waals surface area contributed by atoms with E-state index in [4.69, 9.17) is 11.6 Å². The number of aryl methyl sites for hydroxylation is 1. The number of rotatable bonds is 3. The number of hydrogen-bond acceptors (Lipinski definition) is 2. The van der Waals surface area contributed by atoms with Gasteiger partial charge in [-0.2, -0.15) is 0 Å². The van der Waals surface area contributed by atoms with Gasteiger partial charge in [0.25, 0.3) is 0 Å². The van der Waals surface area contributed by atoms with Crippen molar-refractivity contribution < 1.29 is 4.39 Å². The fourth-order valence-electron chi connectivity index (χ4n) is 1.40. The summed E-state index contributed by atoms with van der Waals surface area (Å²) in [6.45, 7) is 2.58. The van der Waals surface area contributed by atoms with Crippen LogP contribution < -0.4 is 5.32 Å². The van der Waals surface area contributed by atoms with Crippen LogP contribution in [0.4, 0.5) is 10.1 Å². The molecular formula is C13H12ClFN2. The summed E-state index contributed by atoms with van der Waals surface area (Å²) in [5, 5.41) is 3.25. The van der Waals surface area contributed by atoms with Crippen LogP contribution in [-0.2, 0) is 6.54 Å². The van der Waals surface area contributed by atoms with Gasteiger partial charge in [0.1, 0.15) is 5.82 Å². The van der Waals surface area contributed by atoms with E-state index in [9.17, 15) is 4.39 Å². The zero-order valence-corrected chi connectivity index (χ0v) is 10.1. The molecule has 0 spiro atoms. The molecule has 0 amide bonds. The van der Waals surface area contributed by atoms with Gasteiger partial charge >= 0.3 is 0 Å². The van der Waals surface area contributed by atoms with Crippen molar-refractivity contribution >= 4 is 17.3 Å². The molecule has 1 aromatic carbocycles. The first-order valence-electron chi connectivity index (χ1n) is 5.25. The molecule has 1 heterocycles. The average Bonchev–Trinajstić information content (AvgIpc) is 2.33. The third-order valence-electron chi connectivity index (χ3n) is 2.37. The van der Waals surface area contributed by atoms with Gasteiger partial charge in [-0.05, 0) is 36.8 Å². The van der Waals surface area contributed by atoms with Gasteiger partial charge in [-0.3, -0.25) is 4.98 Å². The molecule has 0 aliphatic heterocycles. The van der Waals surface area contributed by atoms with E-state index in [2.05, 4.69) is 10.3 Å². The van der Waals surface area contributed by atoms with Gasteiger partial charge in [-0.25, -0.2) is 4.39 Å². The van der Waals surface area contributed by atoms with Crippen molar-refractivity contribution in [3.63, 3.8) is 0 Å². The normalized spacial score (nSPS) is 10.3. The van der Waals surface area contributed by atoms with E-state index < -0.39 is 5.82 Å². The Labute approximate surface area is 104 Å². The van der Waals surface area contributed by atoms with Gasteiger partial charge in [0.2, 0.25) is 0 Å². The second kappa shape index (κ2) is 5.15. The number of pyridine rings is 1. The summed E-state index contributed by atoms with van der Waals surface area (Å²) in [5.41, 5.74) is 2.83. The van der Waals surface area contributed by atoms with Gasteiger partial charge in [-0.1, -0.05) is 17.7 Å². The Morgan fingerprint density at radius 3 is 2.76 bits per heavy atom. The third-order valence-corrected chi connectivity index (χ3v) is 2.66. The van der Waals surface area contributed by atoms with Crippen LogP contribution in [-0.4, -0.2) is 4.98 Å². The molecule has 0 aliphatic rings. The predicted molar refractivity (Wildman–Crippen MR) is 67.7 cm³/mol. The van der Waals surface area contributed by atoms with Crippen molar-refractivity contribution in [3.05, 3.63) is 58.6 Å².